The summed E-state index contributed by atoms with van der Waals surface area (Å²) in [5.41, 5.74) is 2.60. The first-order valence-electron chi connectivity index (χ1n) is 7.36. The van der Waals surface area contributed by atoms with Crippen molar-refractivity contribution in [2.45, 2.75) is 6.92 Å². The highest BCUT2D eigenvalue weighted by atomic mass is 35.5. The Kier molecular flexibility index (Phi) is 3.59. The van der Waals surface area contributed by atoms with Crippen molar-refractivity contribution in [1.29, 1.82) is 0 Å². The van der Waals surface area contributed by atoms with E-state index in [4.69, 9.17) is 11.6 Å². The maximum Gasteiger partial charge on any atom is 0.254 e. The maximum absolute atomic E-state index is 5.93. The summed E-state index contributed by atoms with van der Waals surface area (Å²) in [5, 5.41) is 8.57. The molecule has 0 fully saturated rings. The summed E-state index contributed by atoms with van der Waals surface area (Å²) in [6.45, 7) is 1.92. The third-order valence-electron chi connectivity index (χ3n) is 3.48. The van der Waals surface area contributed by atoms with Gasteiger partial charge < -0.3 is 5.32 Å². The van der Waals surface area contributed by atoms with E-state index < -0.39 is 0 Å². The number of nitrogens with one attached hydrogen (secondary N) is 1. The molecule has 6 nitrogen and oxygen atoms in total. The molecule has 4 rings (SSSR count). The molecule has 0 amide bonds. The number of anilines is 2. The highest BCUT2D eigenvalue weighted by Gasteiger charge is 2.11. The number of hydrogen-bond acceptors (Lipinski definition) is 5. The molecule has 3 heterocycles. The van der Waals surface area contributed by atoms with Crippen LogP contribution in [0.25, 0.3) is 17.2 Å². The minimum Gasteiger partial charge on any atom is -0.340 e. The minimum atomic E-state index is 0.533. The van der Waals surface area contributed by atoms with Gasteiger partial charge >= 0.3 is 0 Å². The first kappa shape index (κ1) is 14.6. The minimum absolute atomic E-state index is 0.533. The molecule has 0 atom stereocenters. The van der Waals surface area contributed by atoms with Crippen LogP contribution in [0, 0.1) is 6.92 Å². The smallest absolute Gasteiger partial charge is 0.254 e. The van der Waals surface area contributed by atoms with Gasteiger partial charge in [-0.15, -0.1) is 5.10 Å². The van der Waals surface area contributed by atoms with Gasteiger partial charge in [0.1, 0.15) is 5.82 Å². The molecular formula is C17H13ClN6. The van der Waals surface area contributed by atoms with E-state index >= 15 is 0 Å². The van der Waals surface area contributed by atoms with Crippen LogP contribution in [0.4, 0.5) is 11.5 Å². The van der Waals surface area contributed by atoms with Crippen molar-refractivity contribution in [3.63, 3.8) is 0 Å². The van der Waals surface area contributed by atoms with Gasteiger partial charge in [-0.1, -0.05) is 11.6 Å². The van der Waals surface area contributed by atoms with Crippen molar-refractivity contribution in [2.24, 2.45) is 0 Å². The molecule has 0 unspecified atom stereocenters. The third kappa shape index (κ3) is 2.79. The standard InChI is InChI=1S/C17H13ClN6/c1-11-9-15(21-14-6-4-13(18)5-7-14)24-17(20-11)22-16(23-24)12-3-2-8-19-10-12/h2-10,21H,1H3. The average molecular weight is 337 g/mol. The molecule has 0 bridgehead atoms. The van der Waals surface area contributed by atoms with Crippen LogP contribution in [0.3, 0.4) is 0 Å². The van der Waals surface area contributed by atoms with Crippen LogP contribution >= 0.6 is 11.6 Å². The Balaban J connectivity index is 1.80. The van der Waals surface area contributed by atoms with Crippen LogP contribution in [-0.4, -0.2) is 24.6 Å². The topological polar surface area (TPSA) is 68.0 Å². The number of nitrogens with zero attached hydrogens (tertiary/aromatic N) is 5. The maximum atomic E-state index is 5.93. The predicted molar refractivity (Wildman–Crippen MR) is 93.5 cm³/mol. The summed E-state index contributed by atoms with van der Waals surface area (Å²) in [5.74, 6) is 1.90. The molecule has 1 aromatic carbocycles. The summed E-state index contributed by atoms with van der Waals surface area (Å²) >= 11 is 5.93. The van der Waals surface area contributed by atoms with Crippen molar-refractivity contribution in [3.8, 4) is 11.4 Å². The Morgan fingerprint density at radius 3 is 2.67 bits per heavy atom. The highest BCUT2D eigenvalue weighted by Crippen LogP contribution is 2.22. The van der Waals surface area contributed by atoms with Crippen LogP contribution in [-0.2, 0) is 0 Å². The van der Waals surface area contributed by atoms with Gasteiger partial charge in [-0.2, -0.15) is 9.50 Å². The molecule has 7 heteroatoms. The number of hydrogen-bond donors (Lipinski definition) is 1. The van der Waals surface area contributed by atoms with Crippen molar-refractivity contribution in [1.82, 2.24) is 24.6 Å². The van der Waals surface area contributed by atoms with Gasteiger partial charge in [0.25, 0.3) is 5.78 Å². The number of fused-ring (bicyclic) bond motifs is 1. The highest BCUT2D eigenvalue weighted by molar-refractivity contribution is 6.30. The van der Waals surface area contributed by atoms with E-state index in [0.29, 0.717) is 16.6 Å². The summed E-state index contributed by atoms with van der Waals surface area (Å²) in [6.07, 6.45) is 3.45. The van der Waals surface area contributed by atoms with Crippen LogP contribution in [0.2, 0.25) is 5.02 Å². The molecule has 0 aliphatic heterocycles. The zero-order valence-corrected chi connectivity index (χ0v) is 13.6. The SMILES string of the molecule is Cc1cc(Nc2ccc(Cl)cc2)n2nc(-c3cccnc3)nc2n1. The molecule has 0 radical (unpaired) electrons. The van der Waals surface area contributed by atoms with E-state index in [1.807, 2.05) is 49.4 Å². The van der Waals surface area contributed by atoms with Crippen LogP contribution in [0.5, 0.6) is 0 Å². The van der Waals surface area contributed by atoms with Crippen LogP contribution in [0.1, 0.15) is 5.69 Å². The second kappa shape index (κ2) is 5.90. The van der Waals surface area contributed by atoms with Gasteiger partial charge in [-0.25, -0.2) is 4.98 Å². The molecule has 0 aliphatic rings. The van der Waals surface area contributed by atoms with E-state index in [2.05, 4.69) is 25.4 Å². The molecular weight excluding hydrogens is 324 g/mol. The molecule has 0 saturated carbocycles. The van der Waals surface area contributed by atoms with Gasteiger partial charge in [0.15, 0.2) is 5.82 Å². The predicted octanol–water partition coefficient (Wildman–Crippen LogP) is 3.89. The monoisotopic (exact) mass is 336 g/mol. The zero-order chi connectivity index (χ0) is 16.5. The van der Waals surface area contributed by atoms with Crippen molar-refractivity contribution >= 4 is 28.9 Å². The van der Waals surface area contributed by atoms with E-state index in [1.165, 1.54) is 0 Å². The van der Waals surface area contributed by atoms with E-state index in [1.54, 1.807) is 16.9 Å². The number of benzene rings is 1. The lowest BCUT2D eigenvalue weighted by atomic mass is 10.3. The second-order valence-corrected chi connectivity index (χ2v) is 5.74. The Hall–Kier alpha value is -2.99. The van der Waals surface area contributed by atoms with Gasteiger partial charge in [0.05, 0.1) is 0 Å². The Morgan fingerprint density at radius 2 is 1.92 bits per heavy atom. The molecule has 24 heavy (non-hydrogen) atoms. The first-order valence-corrected chi connectivity index (χ1v) is 7.74. The van der Waals surface area contributed by atoms with E-state index in [9.17, 15) is 0 Å². The number of rotatable bonds is 3. The van der Waals surface area contributed by atoms with Gasteiger partial charge in [0.2, 0.25) is 0 Å². The molecule has 3 aromatic heterocycles. The fourth-order valence-corrected chi connectivity index (χ4v) is 2.50. The van der Waals surface area contributed by atoms with Crippen molar-refractivity contribution in [2.75, 3.05) is 5.32 Å². The molecule has 0 spiro atoms. The summed E-state index contributed by atoms with van der Waals surface area (Å²) in [4.78, 5) is 13.1. The first-order chi connectivity index (χ1) is 11.7. The Bertz CT molecular complexity index is 995. The number of aryl methyl sites for hydroxylation is 1. The normalized spacial score (nSPS) is 10.9. The van der Waals surface area contributed by atoms with Gasteiger partial charge in [-0.05, 0) is 43.3 Å². The quantitative estimate of drug-likeness (QED) is 0.614. The third-order valence-corrected chi connectivity index (χ3v) is 3.73. The fourth-order valence-electron chi connectivity index (χ4n) is 2.37. The average Bonchev–Trinajstić information content (AvgIpc) is 3.02. The largest absolute Gasteiger partial charge is 0.340 e. The van der Waals surface area contributed by atoms with E-state index in [-0.39, 0.29) is 0 Å². The van der Waals surface area contributed by atoms with Gasteiger partial charge in [0, 0.05) is 40.4 Å². The molecule has 1 N–H and O–H groups in total. The Labute approximate surface area is 143 Å². The second-order valence-electron chi connectivity index (χ2n) is 5.30. The Morgan fingerprint density at radius 1 is 1.08 bits per heavy atom. The molecule has 4 aromatic rings. The number of halogens is 1. The number of aromatic nitrogens is 5. The summed E-state index contributed by atoms with van der Waals surface area (Å²) < 4.78 is 1.68. The zero-order valence-electron chi connectivity index (χ0n) is 12.8. The lowest BCUT2D eigenvalue weighted by molar-refractivity contribution is 0.940. The molecule has 118 valence electrons. The van der Waals surface area contributed by atoms with Gasteiger partial charge in [-0.3, -0.25) is 4.98 Å². The number of pyridine rings is 1. The van der Waals surface area contributed by atoms with Crippen LogP contribution < -0.4 is 5.32 Å². The van der Waals surface area contributed by atoms with E-state index in [0.717, 1.165) is 22.8 Å². The van der Waals surface area contributed by atoms with Crippen LogP contribution in [0.15, 0.2) is 54.9 Å². The van der Waals surface area contributed by atoms with Crippen molar-refractivity contribution in [3.05, 3.63) is 65.6 Å². The fraction of sp³-hybridized carbons (Fsp3) is 0.0588. The summed E-state index contributed by atoms with van der Waals surface area (Å²) in [7, 11) is 0. The lowest BCUT2D eigenvalue weighted by Gasteiger charge is -2.08. The molecule has 0 saturated heterocycles. The molecule has 0 aliphatic carbocycles. The lowest BCUT2D eigenvalue weighted by Crippen LogP contribution is -2.02. The van der Waals surface area contributed by atoms with Crippen molar-refractivity contribution < 1.29 is 0 Å². The summed E-state index contributed by atoms with van der Waals surface area (Å²) in [6, 6.07) is 13.2.